The Balaban J connectivity index is 2.63. The Kier molecular flexibility index (Phi) is 6.24. The van der Waals surface area contributed by atoms with Gasteiger partial charge in [0.25, 0.3) is 5.91 Å². The lowest BCUT2D eigenvalue weighted by molar-refractivity contribution is 0.0792. The zero-order valence-corrected chi connectivity index (χ0v) is 11.5. The minimum atomic E-state index is -0.0500. The van der Waals surface area contributed by atoms with Crippen molar-refractivity contribution in [1.82, 2.24) is 9.88 Å². The van der Waals surface area contributed by atoms with Gasteiger partial charge in [-0.05, 0) is 38.3 Å². The van der Waals surface area contributed by atoms with Crippen LogP contribution < -0.4 is 11.3 Å². The van der Waals surface area contributed by atoms with Gasteiger partial charge in [-0.25, -0.2) is 10.8 Å². The van der Waals surface area contributed by atoms with Gasteiger partial charge in [-0.3, -0.25) is 4.79 Å². The van der Waals surface area contributed by atoms with Gasteiger partial charge in [-0.2, -0.15) is 0 Å². The van der Waals surface area contributed by atoms with Gasteiger partial charge >= 0.3 is 0 Å². The van der Waals surface area contributed by atoms with Crippen molar-refractivity contribution in [2.45, 2.75) is 26.2 Å². The van der Waals surface area contributed by atoms with Crippen molar-refractivity contribution in [3.05, 3.63) is 23.4 Å². The highest BCUT2D eigenvalue weighted by Crippen LogP contribution is 2.11. The van der Waals surface area contributed by atoms with E-state index >= 15 is 0 Å². The van der Waals surface area contributed by atoms with Crippen molar-refractivity contribution >= 4 is 11.7 Å². The molecule has 0 saturated heterocycles. The molecule has 0 aliphatic heterocycles. The topological polar surface area (TPSA) is 91.5 Å². The van der Waals surface area contributed by atoms with Gasteiger partial charge in [0, 0.05) is 31.5 Å². The van der Waals surface area contributed by atoms with Gasteiger partial charge in [0.1, 0.15) is 5.82 Å². The Morgan fingerprint density at radius 2 is 2.16 bits per heavy atom. The van der Waals surface area contributed by atoms with E-state index in [1.54, 1.807) is 24.1 Å². The van der Waals surface area contributed by atoms with Gasteiger partial charge in [-0.1, -0.05) is 0 Å². The van der Waals surface area contributed by atoms with E-state index in [0.717, 1.165) is 25.0 Å². The van der Waals surface area contributed by atoms with E-state index in [0.29, 0.717) is 17.9 Å². The molecule has 6 heteroatoms. The third-order valence-electron chi connectivity index (χ3n) is 2.85. The van der Waals surface area contributed by atoms with Crippen LogP contribution in [0.3, 0.4) is 0 Å². The summed E-state index contributed by atoms with van der Waals surface area (Å²) in [6.45, 7) is 2.69. The zero-order valence-electron chi connectivity index (χ0n) is 11.5. The van der Waals surface area contributed by atoms with Gasteiger partial charge in [0.2, 0.25) is 0 Å². The average molecular weight is 266 g/mol. The summed E-state index contributed by atoms with van der Waals surface area (Å²) in [5.74, 6) is 5.75. The fraction of sp³-hybridized carbons (Fsp3) is 0.538. The molecule has 0 fully saturated rings. The lowest BCUT2D eigenvalue weighted by Gasteiger charge is -2.17. The standard InChI is InChI=1S/C13H22N4O2/c1-10-8-11(9-12(15-10)16-14)13(19)17(2)6-4-3-5-7-18/h8-9,18H,3-7,14H2,1-2H3,(H,15,16). The molecular formula is C13H22N4O2. The summed E-state index contributed by atoms with van der Waals surface area (Å²) in [5.41, 5.74) is 3.77. The summed E-state index contributed by atoms with van der Waals surface area (Å²) >= 11 is 0. The zero-order chi connectivity index (χ0) is 14.3. The number of nitrogens with two attached hydrogens (primary N) is 1. The SMILES string of the molecule is Cc1cc(C(=O)N(C)CCCCCO)cc(NN)n1. The van der Waals surface area contributed by atoms with Gasteiger partial charge in [0.15, 0.2) is 0 Å². The Morgan fingerprint density at radius 1 is 1.42 bits per heavy atom. The number of nitrogen functional groups attached to an aromatic ring is 1. The first-order chi connectivity index (χ1) is 9.08. The molecule has 1 amide bonds. The summed E-state index contributed by atoms with van der Waals surface area (Å²) in [6, 6.07) is 3.38. The Labute approximate surface area is 113 Å². The van der Waals surface area contributed by atoms with Crippen LogP contribution in [0.25, 0.3) is 0 Å². The predicted molar refractivity (Wildman–Crippen MR) is 74.7 cm³/mol. The van der Waals surface area contributed by atoms with E-state index in [1.165, 1.54) is 0 Å². The van der Waals surface area contributed by atoms with Crippen LogP contribution >= 0.6 is 0 Å². The molecule has 0 spiro atoms. The first kappa shape index (κ1) is 15.4. The number of aliphatic hydroxyl groups is 1. The number of hydrogen-bond donors (Lipinski definition) is 3. The first-order valence-corrected chi connectivity index (χ1v) is 6.40. The van der Waals surface area contributed by atoms with Gasteiger partial charge in [0.05, 0.1) is 0 Å². The van der Waals surface area contributed by atoms with Crippen LogP contribution in [0.4, 0.5) is 5.82 Å². The third-order valence-corrected chi connectivity index (χ3v) is 2.85. The van der Waals surface area contributed by atoms with Crippen LogP contribution in [0, 0.1) is 6.92 Å². The number of hydrogen-bond acceptors (Lipinski definition) is 5. The molecule has 0 aliphatic carbocycles. The van der Waals surface area contributed by atoms with E-state index in [4.69, 9.17) is 10.9 Å². The summed E-state index contributed by atoms with van der Waals surface area (Å²) in [4.78, 5) is 18.0. The van der Waals surface area contributed by atoms with Crippen LogP contribution in [-0.2, 0) is 0 Å². The lowest BCUT2D eigenvalue weighted by Crippen LogP contribution is -2.28. The number of anilines is 1. The molecule has 0 aliphatic rings. The second-order valence-electron chi connectivity index (χ2n) is 4.54. The quantitative estimate of drug-likeness (QED) is 0.387. The molecule has 0 aromatic carbocycles. The highest BCUT2D eigenvalue weighted by molar-refractivity contribution is 5.94. The molecule has 19 heavy (non-hydrogen) atoms. The highest BCUT2D eigenvalue weighted by Gasteiger charge is 2.13. The van der Waals surface area contributed by atoms with Crippen molar-refractivity contribution in [2.24, 2.45) is 5.84 Å². The fourth-order valence-corrected chi connectivity index (χ4v) is 1.83. The van der Waals surface area contributed by atoms with Crippen molar-refractivity contribution in [1.29, 1.82) is 0 Å². The molecule has 1 rings (SSSR count). The minimum absolute atomic E-state index is 0.0500. The van der Waals surface area contributed by atoms with Crippen LogP contribution in [0.2, 0.25) is 0 Å². The number of aryl methyl sites for hydroxylation is 1. The number of unbranched alkanes of at least 4 members (excludes halogenated alkanes) is 2. The molecule has 1 aromatic rings. The lowest BCUT2D eigenvalue weighted by atomic mass is 10.2. The second kappa shape index (κ2) is 7.70. The normalized spacial score (nSPS) is 10.3. The monoisotopic (exact) mass is 266 g/mol. The molecular weight excluding hydrogens is 244 g/mol. The van der Waals surface area contributed by atoms with Gasteiger partial charge in [-0.15, -0.1) is 0 Å². The number of amides is 1. The minimum Gasteiger partial charge on any atom is -0.396 e. The van der Waals surface area contributed by atoms with Crippen LogP contribution in [-0.4, -0.2) is 41.1 Å². The Bertz CT molecular complexity index is 423. The largest absolute Gasteiger partial charge is 0.396 e. The maximum absolute atomic E-state index is 12.2. The molecule has 4 N–H and O–H groups in total. The Hall–Kier alpha value is -1.66. The average Bonchev–Trinajstić information content (AvgIpc) is 2.41. The van der Waals surface area contributed by atoms with Crippen LogP contribution in [0.15, 0.2) is 12.1 Å². The number of rotatable bonds is 7. The van der Waals surface area contributed by atoms with Crippen molar-refractivity contribution < 1.29 is 9.90 Å². The Morgan fingerprint density at radius 3 is 2.79 bits per heavy atom. The molecule has 0 unspecified atom stereocenters. The number of nitrogens with zero attached hydrogens (tertiary/aromatic N) is 2. The molecule has 1 aromatic heterocycles. The number of carbonyl (C=O) groups excluding carboxylic acids is 1. The van der Waals surface area contributed by atoms with E-state index in [9.17, 15) is 4.79 Å². The number of pyridine rings is 1. The maximum Gasteiger partial charge on any atom is 0.253 e. The smallest absolute Gasteiger partial charge is 0.253 e. The second-order valence-corrected chi connectivity index (χ2v) is 4.54. The van der Waals surface area contributed by atoms with E-state index in [1.807, 2.05) is 6.92 Å². The van der Waals surface area contributed by atoms with Crippen molar-refractivity contribution in [3.8, 4) is 0 Å². The third kappa shape index (κ3) is 4.84. The van der Waals surface area contributed by atoms with Crippen LogP contribution in [0.1, 0.15) is 35.3 Å². The molecule has 0 atom stereocenters. The number of hydrazine groups is 1. The molecule has 106 valence electrons. The summed E-state index contributed by atoms with van der Waals surface area (Å²) in [6.07, 6.45) is 2.57. The van der Waals surface area contributed by atoms with E-state index in [-0.39, 0.29) is 12.5 Å². The van der Waals surface area contributed by atoms with Crippen molar-refractivity contribution in [2.75, 3.05) is 25.6 Å². The molecule has 6 nitrogen and oxygen atoms in total. The maximum atomic E-state index is 12.2. The number of aliphatic hydroxyl groups excluding tert-OH is 1. The number of carbonyl (C=O) groups is 1. The summed E-state index contributed by atoms with van der Waals surface area (Å²) in [5, 5.41) is 8.70. The van der Waals surface area contributed by atoms with Crippen LogP contribution in [0.5, 0.6) is 0 Å². The molecule has 0 saturated carbocycles. The number of aromatic nitrogens is 1. The molecule has 1 heterocycles. The first-order valence-electron chi connectivity index (χ1n) is 6.40. The molecule has 0 bridgehead atoms. The summed E-state index contributed by atoms with van der Waals surface area (Å²) < 4.78 is 0. The van der Waals surface area contributed by atoms with E-state index < -0.39 is 0 Å². The van der Waals surface area contributed by atoms with Gasteiger partial charge < -0.3 is 15.4 Å². The summed E-state index contributed by atoms with van der Waals surface area (Å²) in [7, 11) is 1.77. The molecule has 0 radical (unpaired) electrons. The fourth-order valence-electron chi connectivity index (χ4n) is 1.83. The van der Waals surface area contributed by atoms with Crippen molar-refractivity contribution in [3.63, 3.8) is 0 Å². The number of nitrogens with one attached hydrogen (secondary N) is 1. The highest BCUT2D eigenvalue weighted by atomic mass is 16.2. The predicted octanol–water partition coefficient (Wildman–Crippen LogP) is 0.910. The van der Waals surface area contributed by atoms with E-state index in [2.05, 4.69) is 10.4 Å².